The smallest absolute Gasteiger partial charge is 0.221 e. The van der Waals surface area contributed by atoms with Gasteiger partial charge in [-0.3, -0.25) is 0 Å². The van der Waals surface area contributed by atoms with Crippen molar-refractivity contribution in [3.8, 4) is 39.6 Å². The molecule has 0 saturated carbocycles. The largest absolute Gasteiger partial charge is 0.496 e. The fourth-order valence-electron chi connectivity index (χ4n) is 3.45. The molecule has 1 aromatic heterocycles. The van der Waals surface area contributed by atoms with Gasteiger partial charge in [-0.15, -0.1) is 0 Å². The van der Waals surface area contributed by atoms with Gasteiger partial charge in [0, 0.05) is 6.20 Å². The summed E-state index contributed by atoms with van der Waals surface area (Å²) in [6.45, 7) is 6.16. The zero-order valence-corrected chi connectivity index (χ0v) is 16.7. The Hall–Kier alpha value is -3.01. The first-order valence-electron chi connectivity index (χ1n) is 8.83. The van der Waals surface area contributed by atoms with Gasteiger partial charge in [0.1, 0.15) is 11.5 Å². The number of pyridine rings is 1. The maximum Gasteiger partial charge on any atom is 0.221 e. The summed E-state index contributed by atoms with van der Waals surface area (Å²) in [5.41, 5.74) is 7.48. The molecule has 3 rings (SSSR count). The van der Waals surface area contributed by atoms with E-state index in [4.69, 9.17) is 14.2 Å². The first kappa shape index (κ1) is 18.8. The number of methoxy groups -OCH3 is 3. The van der Waals surface area contributed by atoms with Crippen LogP contribution in [0.3, 0.4) is 0 Å². The fraction of sp³-hybridized carbons (Fsp3) is 0.261. The number of nitrogens with zero attached hydrogens (tertiary/aromatic N) is 1. The van der Waals surface area contributed by atoms with E-state index in [9.17, 15) is 0 Å². The van der Waals surface area contributed by atoms with E-state index in [-0.39, 0.29) is 0 Å². The lowest BCUT2D eigenvalue weighted by molar-refractivity contribution is 0.399. The third-order valence-corrected chi connectivity index (χ3v) is 4.79. The Labute approximate surface area is 160 Å². The Kier molecular flexibility index (Phi) is 5.36. The van der Waals surface area contributed by atoms with Crippen molar-refractivity contribution in [3.63, 3.8) is 0 Å². The Morgan fingerprint density at radius 3 is 1.59 bits per heavy atom. The Balaban J connectivity index is 2.29. The van der Waals surface area contributed by atoms with E-state index in [0.717, 1.165) is 50.4 Å². The van der Waals surface area contributed by atoms with Gasteiger partial charge >= 0.3 is 0 Å². The molecule has 27 heavy (non-hydrogen) atoms. The zero-order valence-electron chi connectivity index (χ0n) is 16.7. The van der Waals surface area contributed by atoms with Crippen LogP contribution in [0.1, 0.15) is 16.7 Å². The summed E-state index contributed by atoms with van der Waals surface area (Å²) in [7, 11) is 5.03. The topological polar surface area (TPSA) is 40.6 Å². The normalized spacial score (nSPS) is 10.6. The van der Waals surface area contributed by atoms with Gasteiger partial charge in [0.25, 0.3) is 0 Å². The third-order valence-electron chi connectivity index (χ3n) is 4.79. The van der Waals surface area contributed by atoms with Crippen molar-refractivity contribution in [3.05, 3.63) is 59.3 Å². The van der Waals surface area contributed by atoms with Crippen LogP contribution in [0, 0.1) is 20.8 Å². The molecular formula is C23H25NO3. The second-order valence-electron chi connectivity index (χ2n) is 6.57. The molecular weight excluding hydrogens is 338 g/mol. The van der Waals surface area contributed by atoms with Crippen molar-refractivity contribution in [1.82, 2.24) is 4.98 Å². The SMILES string of the molecule is COc1ccc(-c2c(C)cnc(OC)c2-c2ccc(OC)c(C)c2)cc1C. The second-order valence-corrected chi connectivity index (χ2v) is 6.57. The summed E-state index contributed by atoms with van der Waals surface area (Å²) < 4.78 is 16.4. The standard InChI is InChI=1S/C23H25NO3/c1-14-11-17(7-9-19(14)25-4)21-16(3)13-24-23(27-6)22(21)18-8-10-20(26-5)15(2)12-18/h7-13H,1-6H3. The minimum absolute atomic E-state index is 0.605. The van der Waals surface area contributed by atoms with Crippen molar-refractivity contribution in [2.24, 2.45) is 0 Å². The predicted molar refractivity (Wildman–Crippen MR) is 109 cm³/mol. The second kappa shape index (κ2) is 7.70. The number of hydrogen-bond acceptors (Lipinski definition) is 4. The van der Waals surface area contributed by atoms with Crippen LogP contribution in [0.4, 0.5) is 0 Å². The summed E-state index contributed by atoms with van der Waals surface area (Å²) in [5.74, 6) is 2.34. The van der Waals surface area contributed by atoms with Crippen LogP contribution in [-0.4, -0.2) is 26.3 Å². The number of hydrogen-bond donors (Lipinski definition) is 0. The van der Waals surface area contributed by atoms with Gasteiger partial charge in [0.2, 0.25) is 5.88 Å². The summed E-state index contributed by atoms with van der Waals surface area (Å²) in [6, 6.07) is 12.4. The van der Waals surface area contributed by atoms with E-state index in [1.54, 1.807) is 21.3 Å². The molecule has 0 amide bonds. The monoisotopic (exact) mass is 363 g/mol. The van der Waals surface area contributed by atoms with E-state index < -0.39 is 0 Å². The molecule has 0 spiro atoms. The molecule has 3 aromatic rings. The van der Waals surface area contributed by atoms with E-state index in [1.165, 1.54) is 0 Å². The van der Waals surface area contributed by atoms with E-state index in [0.29, 0.717) is 5.88 Å². The van der Waals surface area contributed by atoms with Crippen molar-refractivity contribution in [2.75, 3.05) is 21.3 Å². The quantitative estimate of drug-likeness (QED) is 0.611. The first-order valence-corrected chi connectivity index (χ1v) is 8.83. The average Bonchev–Trinajstić information content (AvgIpc) is 2.67. The van der Waals surface area contributed by atoms with Crippen LogP contribution in [0.15, 0.2) is 42.6 Å². The van der Waals surface area contributed by atoms with Gasteiger partial charge in [-0.1, -0.05) is 12.1 Å². The Morgan fingerprint density at radius 1 is 0.630 bits per heavy atom. The molecule has 1 heterocycles. The molecule has 0 atom stereocenters. The fourth-order valence-corrected chi connectivity index (χ4v) is 3.45. The van der Waals surface area contributed by atoms with Crippen LogP contribution in [0.5, 0.6) is 17.4 Å². The molecule has 0 bridgehead atoms. The van der Waals surface area contributed by atoms with Gasteiger partial charge in [-0.2, -0.15) is 0 Å². The lowest BCUT2D eigenvalue weighted by atomic mass is 9.91. The minimum Gasteiger partial charge on any atom is -0.496 e. The lowest BCUT2D eigenvalue weighted by Gasteiger charge is -2.18. The maximum atomic E-state index is 5.62. The number of aromatic nitrogens is 1. The van der Waals surface area contributed by atoms with E-state index >= 15 is 0 Å². The molecule has 0 aliphatic carbocycles. The van der Waals surface area contributed by atoms with Crippen molar-refractivity contribution < 1.29 is 14.2 Å². The van der Waals surface area contributed by atoms with Crippen molar-refractivity contribution in [1.29, 1.82) is 0 Å². The molecule has 0 saturated heterocycles. The first-order chi connectivity index (χ1) is 13.0. The molecule has 0 aliphatic rings. The van der Waals surface area contributed by atoms with E-state index in [2.05, 4.69) is 30.1 Å². The highest BCUT2D eigenvalue weighted by atomic mass is 16.5. The van der Waals surface area contributed by atoms with Crippen molar-refractivity contribution >= 4 is 0 Å². The van der Waals surface area contributed by atoms with Crippen LogP contribution >= 0.6 is 0 Å². The molecule has 0 N–H and O–H groups in total. The van der Waals surface area contributed by atoms with Gasteiger partial charge in [-0.25, -0.2) is 4.98 Å². The summed E-state index contributed by atoms with van der Waals surface area (Å²) in [4.78, 5) is 4.51. The number of ether oxygens (including phenoxy) is 3. The number of rotatable bonds is 5. The highest BCUT2D eigenvalue weighted by Crippen LogP contribution is 2.42. The lowest BCUT2D eigenvalue weighted by Crippen LogP contribution is -1.99. The van der Waals surface area contributed by atoms with Crippen LogP contribution in [0.25, 0.3) is 22.3 Å². The molecule has 4 nitrogen and oxygen atoms in total. The zero-order chi connectivity index (χ0) is 19.6. The summed E-state index contributed by atoms with van der Waals surface area (Å²) in [6.07, 6.45) is 1.85. The molecule has 2 aromatic carbocycles. The van der Waals surface area contributed by atoms with Crippen LogP contribution in [0.2, 0.25) is 0 Å². The van der Waals surface area contributed by atoms with Crippen LogP contribution in [-0.2, 0) is 0 Å². The summed E-state index contributed by atoms with van der Waals surface area (Å²) >= 11 is 0. The minimum atomic E-state index is 0.605. The molecule has 0 unspecified atom stereocenters. The third kappa shape index (κ3) is 3.47. The average molecular weight is 363 g/mol. The molecule has 4 heteroatoms. The Bertz CT molecular complexity index is 980. The highest BCUT2D eigenvalue weighted by molar-refractivity contribution is 5.89. The highest BCUT2D eigenvalue weighted by Gasteiger charge is 2.18. The predicted octanol–water partition coefficient (Wildman–Crippen LogP) is 5.37. The van der Waals surface area contributed by atoms with Gasteiger partial charge in [-0.05, 0) is 78.4 Å². The molecule has 0 aliphatic heterocycles. The molecule has 140 valence electrons. The molecule has 0 radical (unpaired) electrons. The number of benzene rings is 2. The van der Waals surface area contributed by atoms with E-state index in [1.807, 2.05) is 38.2 Å². The Morgan fingerprint density at radius 2 is 1.15 bits per heavy atom. The van der Waals surface area contributed by atoms with Gasteiger partial charge in [0.15, 0.2) is 0 Å². The maximum absolute atomic E-state index is 5.62. The van der Waals surface area contributed by atoms with Crippen molar-refractivity contribution in [2.45, 2.75) is 20.8 Å². The summed E-state index contributed by atoms with van der Waals surface area (Å²) in [5, 5.41) is 0. The van der Waals surface area contributed by atoms with Gasteiger partial charge < -0.3 is 14.2 Å². The molecule has 0 fully saturated rings. The van der Waals surface area contributed by atoms with Crippen LogP contribution < -0.4 is 14.2 Å². The van der Waals surface area contributed by atoms with Gasteiger partial charge in [0.05, 0.1) is 26.9 Å². The number of aryl methyl sites for hydroxylation is 3.